The van der Waals surface area contributed by atoms with Crippen LogP contribution in [0.15, 0.2) is 29.2 Å². The first-order chi connectivity index (χ1) is 9.81. The normalized spacial score (nSPS) is 11.2. The molecular weight excluding hydrogens is 328 g/mol. The number of nitrogens with zero attached hydrogens (tertiary/aromatic N) is 2. The minimum atomic E-state index is -4.41. The number of methoxy groups -OCH3 is 1. The first-order valence-corrected chi connectivity index (χ1v) is 7.24. The van der Waals surface area contributed by atoms with E-state index in [0.29, 0.717) is 12.1 Å². The summed E-state index contributed by atoms with van der Waals surface area (Å²) in [5.41, 5.74) is 0. The second kappa shape index (κ2) is 5.78. The average Bonchev–Trinajstić information content (AvgIpc) is 2.40. The van der Waals surface area contributed by atoms with Gasteiger partial charge in [-0.1, -0.05) is 11.6 Å². The summed E-state index contributed by atoms with van der Waals surface area (Å²) in [7, 11) is -3.12. The van der Waals surface area contributed by atoms with Crippen LogP contribution in [0.25, 0.3) is 0 Å². The van der Waals surface area contributed by atoms with E-state index < -0.39 is 32.5 Å². The van der Waals surface area contributed by atoms with E-state index in [9.17, 15) is 17.2 Å². The van der Waals surface area contributed by atoms with Crippen molar-refractivity contribution in [3.63, 3.8) is 0 Å². The van der Waals surface area contributed by atoms with Crippen LogP contribution in [0.2, 0.25) is 5.15 Å². The molecule has 0 bridgehead atoms. The lowest BCUT2D eigenvalue weighted by Gasteiger charge is -2.08. The van der Waals surface area contributed by atoms with Crippen molar-refractivity contribution in [3.8, 4) is 5.88 Å². The fourth-order valence-corrected chi connectivity index (χ4v) is 2.61. The van der Waals surface area contributed by atoms with Gasteiger partial charge in [-0.2, -0.15) is 4.98 Å². The highest BCUT2D eigenvalue weighted by molar-refractivity contribution is 7.92. The highest BCUT2D eigenvalue weighted by Gasteiger charge is 2.21. The van der Waals surface area contributed by atoms with Gasteiger partial charge in [-0.05, 0) is 18.2 Å². The molecule has 21 heavy (non-hydrogen) atoms. The molecule has 0 saturated heterocycles. The molecule has 0 atom stereocenters. The monoisotopic (exact) mass is 335 g/mol. The first kappa shape index (κ1) is 15.4. The Labute approximate surface area is 123 Å². The Kier molecular flexibility index (Phi) is 4.24. The summed E-state index contributed by atoms with van der Waals surface area (Å²) in [5, 5.41) is -0.0840. The number of halogens is 3. The molecule has 0 saturated carbocycles. The zero-order valence-corrected chi connectivity index (χ0v) is 12.0. The van der Waals surface area contributed by atoms with Gasteiger partial charge < -0.3 is 4.74 Å². The minimum absolute atomic E-state index is 0.00686. The molecule has 0 amide bonds. The van der Waals surface area contributed by atoms with Crippen molar-refractivity contribution in [1.29, 1.82) is 0 Å². The lowest BCUT2D eigenvalue weighted by Crippen LogP contribution is -2.17. The molecule has 0 radical (unpaired) electrons. The van der Waals surface area contributed by atoms with Crippen molar-refractivity contribution in [2.75, 3.05) is 11.8 Å². The number of nitrogens with one attached hydrogen (secondary N) is 1. The highest BCUT2D eigenvalue weighted by Crippen LogP contribution is 2.21. The van der Waals surface area contributed by atoms with E-state index in [2.05, 4.69) is 9.97 Å². The molecule has 0 unspecified atom stereocenters. The molecule has 112 valence electrons. The molecule has 2 aromatic rings. The van der Waals surface area contributed by atoms with Crippen LogP contribution in [0.4, 0.5) is 14.7 Å². The molecule has 0 aliphatic rings. The number of anilines is 1. The maximum Gasteiger partial charge on any atom is 0.267 e. The summed E-state index contributed by atoms with van der Waals surface area (Å²) in [4.78, 5) is 6.43. The Morgan fingerprint density at radius 3 is 2.62 bits per heavy atom. The van der Waals surface area contributed by atoms with Gasteiger partial charge in [-0.15, -0.1) is 0 Å². The zero-order chi connectivity index (χ0) is 15.6. The summed E-state index contributed by atoms with van der Waals surface area (Å²) in [6, 6.07) is 3.29. The number of hydrogen-bond donors (Lipinski definition) is 1. The molecule has 1 heterocycles. The Hall–Kier alpha value is -2.00. The third-order valence-corrected chi connectivity index (χ3v) is 3.83. The van der Waals surface area contributed by atoms with E-state index in [-0.39, 0.29) is 11.0 Å². The Morgan fingerprint density at radius 2 is 1.95 bits per heavy atom. The Balaban J connectivity index is 2.42. The number of sulfonamides is 1. The van der Waals surface area contributed by atoms with Gasteiger partial charge >= 0.3 is 0 Å². The smallest absolute Gasteiger partial charge is 0.267 e. The van der Waals surface area contributed by atoms with Crippen LogP contribution in [0.5, 0.6) is 5.88 Å². The molecule has 1 N–H and O–H groups in total. The fraction of sp³-hybridized carbons (Fsp3) is 0.0909. The largest absolute Gasteiger partial charge is 0.481 e. The molecule has 0 aliphatic carbocycles. The SMILES string of the molecule is COc1cc(Cl)nc(NS(=O)(=O)c2cc(F)ccc2F)n1. The van der Waals surface area contributed by atoms with Gasteiger partial charge in [0, 0.05) is 6.07 Å². The fourth-order valence-electron chi connectivity index (χ4n) is 1.41. The lowest BCUT2D eigenvalue weighted by atomic mass is 10.3. The third kappa shape index (κ3) is 3.56. The molecular formula is C11H8ClF2N3O3S. The molecule has 0 aliphatic heterocycles. The molecule has 2 rings (SSSR count). The summed E-state index contributed by atoms with van der Waals surface area (Å²) in [5.74, 6) is -2.44. The zero-order valence-electron chi connectivity index (χ0n) is 10.5. The summed E-state index contributed by atoms with van der Waals surface area (Å²) in [6.07, 6.45) is 0. The minimum Gasteiger partial charge on any atom is -0.481 e. The maximum atomic E-state index is 13.5. The predicted molar refractivity (Wildman–Crippen MR) is 70.8 cm³/mol. The number of rotatable bonds is 4. The van der Waals surface area contributed by atoms with Crippen molar-refractivity contribution >= 4 is 27.6 Å². The van der Waals surface area contributed by atoms with Crippen molar-refractivity contribution in [2.24, 2.45) is 0 Å². The number of hydrogen-bond acceptors (Lipinski definition) is 5. The van der Waals surface area contributed by atoms with Crippen LogP contribution in [0.3, 0.4) is 0 Å². The first-order valence-electron chi connectivity index (χ1n) is 5.38. The molecule has 1 aromatic carbocycles. The van der Waals surface area contributed by atoms with Gasteiger partial charge in [0.1, 0.15) is 21.7 Å². The second-order valence-electron chi connectivity index (χ2n) is 3.74. The van der Waals surface area contributed by atoms with Crippen LogP contribution in [-0.2, 0) is 10.0 Å². The van der Waals surface area contributed by atoms with E-state index in [4.69, 9.17) is 16.3 Å². The number of ether oxygens (including phenoxy) is 1. The third-order valence-electron chi connectivity index (χ3n) is 2.29. The Bertz CT molecular complexity index is 786. The van der Waals surface area contributed by atoms with E-state index in [0.717, 1.165) is 6.07 Å². The molecule has 1 aromatic heterocycles. The maximum absolute atomic E-state index is 13.5. The standard InChI is InChI=1S/C11H8ClF2N3O3S/c1-20-10-5-9(12)15-11(16-10)17-21(18,19)8-4-6(13)2-3-7(8)14/h2-5H,1H3,(H,15,16,17). The van der Waals surface area contributed by atoms with Gasteiger partial charge in [0.15, 0.2) is 0 Å². The van der Waals surface area contributed by atoms with Crippen molar-refractivity contribution in [2.45, 2.75) is 4.90 Å². The topological polar surface area (TPSA) is 81.2 Å². The number of benzene rings is 1. The van der Waals surface area contributed by atoms with Crippen LogP contribution in [0, 0.1) is 11.6 Å². The van der Waals surface area contributed by atoms with Gasteiger partial charge in [0.05, 0.1) is 7.11 Å². The Morgan fingerprint density at radius 1 is 1.24 bits per heavy atom. The van der Waals surface area contributed by atoms with Crippen LogP contribution in [0.1, 0.15) is 0 Å². The molecule has 10 heteroatoms. The summed E-state index contributed by atoms with van der Waals surface area (Å²) in [6.45, 7) is 0. The van der Waals surface area contributed by atoms with E-state index in [1.807, 2.05) is 4.72 Å². The average molecular weight is 336 g/mol. The predicted octanol–water partition coefficient (Wildman–Crippen LogP) is 2.22. The molecule has 0 spiro atoms. The van der Waals surface area contributed by atoms with Gasteiger partial charge in [-0.25, -0.2) is 26.9 Å². The molecule has 6 nitrogen and oxygen atoms in total. The van der Waals surface area contributed by atoms with E-state index in [1.165, 1.54) is 13.2 Å². The van der Waals surface area contributed by atoms with Crippen LogP contribution in [-0.4, -0.2) is 25.5 Å². The summed E-state index contributed by atoms with van der Waals surface area (Å²) < 4.78 is 57.3. The summed E-state index contributed by atoms with van der Waals surface area (Å²) >= 11 is 5.66. The van der Waals surface area contributed by atoms with Gasteiger partial charge in [0.25, 0.3) is 10.0 Å². The number of aromatic nitrogens is 2. The lowest BCUT2D eigenvalue weighted by molar-refractivity contribution is 0.397. The van der Waals surface area contributed by atoms with Gasteiger partial charge in [-0.3, -0.25) is 0 Å². The van der Waals surface area contributed by atoms with Crippen molar-refractivity contribution in [1.82, 2.24) is 9.97 Å². The van der Waals surface area contributed by atoms with Crippen LogP contribution >= 0.6 is 11.6 Å². The van der Waals surface area contributed by atoms with Crippen molar-refractivity contribution < 1.29 is 21.9 Å². The van der Waals surface area contributed by atoms with Crippen LogP contribution < -0.4 is 9.46 Å². The highest BCUT2D eigenvalue weighted by atomic mass is 35.5. The van der Waals surface area contributed by atoms with E-state index >= 15 is 0 Å². The van der Waals surface area contributed by atoms with Gasteiger partial charge in [0.2, 0.25) is 11.8 Å². The van der Waals surface area contributed by atoms with E-state index in [1.54, 1.807) is 0 Å². The quantitative estimate of drug-likeness (QED) is 0.866. The van der Waals surface area contributed by atoms with Crippen molar-refractivity contribution in [3.05, 3.63) is 41.1 Å². The second-order valence-corrected chi connectivity index (χ2v) is 5.77. The molecule has 0 fully saturated rings.